The van der Waals surface area contributed by atoms with E-state index >= 15 is 0 Å². The first-order valence-electron chi connectivity index (χ1n) is 6.58. The fraction of sp³-hybridized carbons (Fsp3) is 0.600. The van der Waals surface area contributed by atoms with Crippen LogP contribution < -0.4 is 4.90 Å². The minimum Gasteiger partial charge on any atom is -0.375 e. The first kappa shape index (κ1) is 17.4. The van der Waals surface area contributed by atoms with Crippen LogP contribution in [-0.4, -0.2) is 13.6 Å². The third kappa shape index (κ3) is 5.79. The molecule has 0 spiro atoms. The van der Waals surface area contributed by atoms with Crippen LogP contribution in [0.4, 0.5) is 5.69 Å². The SMILES string of the molecule is CC.CC.CCc1ccccc1N(C)CC. The van der Waals surface area contributed by atoms with Crippen LogP contribution in [0, 0.1) is 0 Å². The molecule has 0 N–H and O–H groups in total. The zero-order valence-electron chi connectivity index (χ0n) is 12.2. The van der Waals surface area contributed by atoms with E-state index in [-0.39, 0.29) is 0 Å². The second kappa shape index (κ2) is 12.1. The Morgan fingerprint density at radius 3 is 1.88 bits per heavy atom. The summed E-state index contributed by atoms with van der Waals surface area (Å²) in [4.78, 5) is 2.28. The third-order valence-electron chi connectivity index (χ3n) is 2.26. The van der Waals surface area contributed by atoms with E-state index in [1.54, 1.807) is 0 Å². The molecule has 94 valence electrons. The van der Waals surface area contributed by atoms with Crippen LogP contribution in [0.5, 0.6) is 0 Å². The molecule has 0 heterocycles. The fourth-order valence-corrected chi connectivity index (χ4v) is 1.35. The van der Waals surface area contributed by atoms with Crippen molar-refractivity contribution >= 4 is 5.69 Å². The summed E-state index contributed by atoms with van der Waals surface area (Å²) in [7, 11) is 2.13. The number of anilines is 1. The van der Waals surface area contributed by atoms with Crippen LogP contribution >= 0.6 is 0 Å². The number of benzene rings is 1. The molecule has 0 radical (unpaired) electrons. The molecule has 1 rings (SSSR count). The summed E-state index contributed by atoms with van der Waals surface area (Å²) in [5, 5.41) is 0. The van der Waals surface area contributed by atoms with Gasteiger partial charge in [0.25, 0.3) is 0 Å². The normalized spacial score (nSPS) is 8.19. The summed E-state index contributed by atoms with van der Waals surface area (Å²) in [6.07, 6.45) is 1.11. The fourth-order valence-electron chi connectivity index (χ4n) is 1.35. The van der Waals surface area contributed by atoms with Crippen molar-refractivity contribution in [2.75, 3.05) is 18.5 Å². The van der Waals surface area contributed by atoms with Crippen molar-refractivity contribution < 1.29 is 0 Å². The quantitative estimate of drug-likeness (QED) is 0.714. The van der Waals surface area contributed by atoms with Crippen LogP contribution in [0.2, 0.25) is 0 Å². The molecule has 0 aliphatic rings. The van der Waals surface area contributed by atoms with Gasteiger partial charge in [-0.15, -0.1) is 0 Å². The third-order valence-corrected chi connectivity index (χ3v) is 2.26. The summed E-state index contributed by atoms with van der Waals surface area (Å²) in [5.74, 6) is 0. The maximum absolute atomic E-state index is 2.28. The minimum absolute atomic E-state index is 1.07. The average molecular weight is 223 g/mol. The Balaban J connectivity index is 0. The van der Waals surface area contributed by atoms with Gasteiger partial charge < -0.3 is 4.90 Å². The van der Waals surface area contributed by atoms with Crippen LogP contribution in [0.3, 0.4) is 0 Å². The van der Waals surface area contributed by atoms with Crippen molar-refractivity contribution in [2.45, 2.75) is 48.0 Å². The minimum atomic E-state index is 1.07. The molecule has 0 amide bonds. The number of aryl methyl sites for hydroxylation is 1. The Hall–Kier alpha value is -0.980. The molecular weight excluding hydrogens is 194 g/mol. The van der Waals surface area contributed by atoms with Gasteiger partial charge in [-0.2, -0.15) is 0 Å². The van der Waals surface area contributed by atoms with Gasteiger partial charge in [0.05, 0.1) is 0 Å². The predicted octanol–water partition coefficient (Wildman–Crippen LogP) is 4.76. The van der Waals surface area contributed by atoms with Gasteiger partial charge in [-0.05, 0) is 25.0 Å². The van der Waals surface area contributed by atoms with Crippen molar-refractivity contribution in [3.8, 4) is 0 Å². The monoisotopic (exact) mass is 223 g/mol. The summed E-state index contributed by atoms with van der Waals surface area (Å²) in [5.41, 5.74) is 2.80. The van der Waals surface area contributed by atoms with E-state index < -0.39 is 0 Å². The molecule has 0 atom stereocenters. The van der Waals surface area contributed by atoms with Gasteiger partial charge in [0.1, 0.15) is 0 Å². The van der Waals surface area contributed by atoms with Crippen molar-refractivity contribution in [1.82, 2.24) is 0 Å². The lowest BCUT2D eigenvalue weighted by Crippen LogP contribution is -2.17. The van der Waals surface area contributed by atoms with E-state index in [9.17, 15) is 0 Å². The van der Waals surface area contributed by atoms with E-state index in [4.69, 9.17) is 0 Å². The Kier molecular flexibility index (Phi) is 13.2. The molecule has 1 aromatic carbocycles. The maximum Gasteiger partial charge on any atom is 0.0395 e. The molecule has 1 heteroatoms. The number of hydrogen-bond donors (Lipinski definition) is 0. The Morgan fingerprint density at radius 2 is 1.44 bits per heavy atom. The maximum atomic E-state index is 2.28. The molecular formula is C15H29N. The summed E-state index contributed by atoms with van der Waals surface area (Å²) in [6, 6.07) is 8.58. The van der Waals surface area contributed by atoms with E-state index in [1.165, 1.54) is 11.3 Å². The molecule has 0 saturated heterocycles. The first-order chi connectivity index (χ1) is 7.79. The summed E-state index contributed by atoms with van der Waals surface area (Å²) >= 11 is 0. The van der Waals surface area contributed by atoms with Gasteiger partial charge in [0.15, 0.2) is 0 Å². The highest BCUT2D eigenvalue weighted by atomic mass is 15.1. The average Bonchev–Trinajstić information content (AvgIpc) is 2.42. The molecule has 1 aromatic rings. The highest BCUT2D eigenvalue weighted by Crippen LogP contribution is 2.18. The largest absolute Gasteiger partial charge is 0.375 e. The van der Waals surface area contributed by atoms with Gasteiger partial charge in [-0.1, -0.05) is 52.8 Å². The highest BCUT2D eigenvalue weighted by molar-refractivity contribution is 5.52. The standard InChI is InChI=1S/C11H17N.2C2H6/c1-4-10-8-6-7-9-11(10)12(3)5-2;2*1-2/h6-9H,4-5H2,1-3H3;2*1-2H3. The molecule has 0 aliphatic carbocycles. The first-order valence-corrected chi connectivity index (χ1v) is 6.58. The Bertz CT molecular complexity index is 243. The van der Waals surface area contributed by atoms with Gasteiger partial charge >= 0.3 is 0 Å². The van der Waals surface area contributed by atoms with Gasteiger partial charge in [0, 0.05) is 19.3 Å². The lowest BCUT2D eigenvalue weighted by Gasteiger charge is -2.19. The lowest BCUT2D eigenvalue weighted by molar-refractivity contribution is 0.948. The topological polar surface area (TPSA) is 3.24 Å². The van der Waals surface area contributed by atoms with Crippen molar-refractivity contribution in [1.29, 1.82) is 0 Å². The molecule has 0 aliphatic heterocycles. The summed E-state index contributed by atoms with van der Waals surface area (Å²) < 4.78 is 0. The molecule has 1 nitrogen and oxygen atoms in total. The molecule has 0 unspecified atom stereocenters. The van der Waals surface area contributed by atoms with E-state index in [0.29, 0.717) is 0 Å². The summed E-state index contributed by atoms with van der Waals surface area (Å²) in [6.45, 7) is 13.4. The molecule has 16 heavy (non-hydrogen) atoms. The number of rotatable bonds is 3. The number of nitrogens with zero attached hydrogens (tertiary/aromatic N) is 1. The van der Waals surface area contributed by atoms with Crippen molar-refractivity contribution in [3.05, 3.63) is 29.8 Å². The molecule has 0 bridgehead atoms. The highest BCUT2D eigenvalue weighted by Gasteiger charge is 2.01. The smallest absolute Gasteiger partial charge is 0.0395 e. The van der Waals surface area contributed by atoms with Crippen molar-refractivity contribution in [3.63, 3.8) is 0 Å². The zero-order valence-corrected chi connectivity index (χ0v) is 12.2. The molecule has 0 saturated carbocycles. The Labute approximate surface area is 102 Å². The molecule has 0 aromatic heterocycles. The van der Waals surface area contributed by atoms with Crippen LogP contribution in [-0.2, 0) is 6.42 Å². The lowest BCUT2D eigenvalue weighted by atomic mass is 10.1. The zero-order chi connectivity index (χ0) is 13.0. The number of hydrogen-bond acceptors (Lipinski definition) is 1. The Morgan fingerprint density at radius 1 is 0.938 bits per heavy atom. The van der Waals surface area contributed by atoms with Crippen LogP contribution in [0.15, 0.2) is 24.3 Å². The van der Waals surface area contributed by atoms with Crippen LogP contribution in [0.1, 0.15) is 47.1 Å². The molecule has 0 fully saturated rings. The van der Waals surface area contributed by atoms with E-state index in [0.717, 1.165) is 13.0 Å². The van der Waals surface area contributed by atoms with Gasteiger partial charge in [-0.25, -0.2) is 0 Å². The number of para-hydroxylation sites is 1. The second-order valence-electron chi connectivity index (χ2n) is 3.00. The second-order valence-corrected chi connectivity index (χ2v) is 3.00. The van der Waals surface area contributed by atoms with Crippen LogP contribution in [0.25, 0.3) is 0 Å². The predicted molar refractivity (Wildman–Crippen MR) is 77.5 cm³/mol. The van der Waals surface area contributed by atoms with Gasteiger partial charge in [0.2, 0.25) is 0 Å². The van der Waals surface area contributed by atoms with E-state index in [1.807, 2.05) is 27.7 Å². The van der Waals surface area contributed by atoms with E-state index in [2.05, 4.69) is 50.1 Å². The van der Waals surface area contributed by atoms with Gasteiger partial charge in [-0.3, -0.25) is 0 Å². The van der Waals surface area contributed by atoms with Crippen molar-refractivity contribution in [2.24, 2.45) is 0 Å².